The lowest BCUT2D eigenvalue weighted by molar-refractivity contribution is -0.148. The summed E-state index contributed by atoms with van der Waals surface area (Å²) >= 11 is 0. The molecule has 82 valence electrons. The van der Waals surface area contributed by atoms with E-state index < -0.39 is 11.4 Å². The minimum absolute atomic E-state index is 0.564. The quantitative estimate of drug-likeness (QED) is 0.477. The second-order valence-electron chi connectivity index (χ2n) is 4.17. The summed E-state index contributed by atoms with van der Waals surface area (Å²) in [6, 6.07) is 0. The third-order valence-electron chi connectivity index (χ3n) is 2.69. The first-order valence-electron chi connectivity index (χ1n) is 5.41. The van der Waals surface area contributed by atoms with Gasteiger partial charge in [0.1, 0.15) is 0 Å². The average Bonchev–Trinajstić information content (AvgIpc) is 2.13. The van der Waals surface area contributed by atoms with E-state index in [1.807, 2.05) is 6.92 Å². The molecule has 0 saturated heterocycles. The van der Waals surface area contributed by atoms with Gasteiger partial charge in [0.05, 0.1) is 5.41 Å². The number of carboxylic acids is 1. The first-order chi connectivity index (χ1) is 6.56. The fourth-order valence-corrected chi connectivity index (χ4v) is 1.56. The highest BCUT2D eigenvalue weighted by atomic mass is 16.4. The van der Waals surface area contributed by atoms with E-state index in [0.717, 1.165) is 19.3 Å². The van der Waals surface area contributed by atoms with E-state index in [2.05, 4.69) is 13.5 Å². The maximum Gasteiger partial charge on any atom is 0.309 e. The van der Waals surface area contributed by atoms with E-state index in [9.17, 15) is 4.79 Å². The molecule has 0 spiro atoms. The van der Waals surface area contributed by atoms with Crippen LogP contribution in [-0.4, -0.2) is 11.1 Å². The van der Waals surface area contributed by atoms with Crippen LogP contribution in [0.3, 0.4) is 0 Å². The lowest BCUT2D eigenvalue weighted by Gasteiger charge is -2.22. The Hall–Kier alpha value is -0.790. The molecule has 0 radical (unpaired) electrons. The van der Waals surface area contributed by atoms with Crippen LogP contribution < -0.4 is 0 Å². The van der Waals surface area contributed by atoms with Crippen molar-refractivity contribution in [3.63, 3.8) is 0 Å². The van der Waals surface area contributed by atoms with Gasteiger partial charge in [0, 0.05) is 0 Å². The molecule has 0 rings (SSSR count). The summed E-state index contributed by atoms with van der Waals surface area (Å²) in [5.74, 6) is -0.700. The van der Waals surface area contributed by atoms with Gasteiger partial charge in [-0.1, -0.05) is 38.7 Å². The minimum atomic E-state index is -0.700. The predicted octanol–water partition coefficient (Wildman–Crippen LogP) is 3.62. The van der Waals surface area contributed by atoms with Crippen LogP contribution in [0.25, 0.3) is 0 Å². The van der Waals surface area contributed by atoms with Gasteiger partial charge in [0.25, 0.3) is 0 Å². The molecule has 0 fully saturated rings. The zero-order valence-corrected chi connectivity index (χ0v) is 9.38. The number of allylic oxidation sites excluding steroid dienone is 1. The molecular formula is C12H22O2. The number of aliphatic carboxylic acids is 1. The van der Waals surface area contributed by atoms with Crippen LogP contribution in [0, 0.1) is 5.41 Å². The summed E-state index contributed by atoms with van der Waals surface area (Å²) in [6.45, 7) is 7.57. The molecule has 0 heterocycles. The van der Waals surface area contributed by atoms with Crippen molar-refractivity contribution >= 4 is 5.97 Å². The molecule has 2 nitrogen and oxygen atoms in total. The molecule has 14 heavy (non-hydrogen) atoms. The molecule has 0 aromatic carbocycles. The topological polar surface area (TPSA) is 37.3 Å². The molecule has 0 aromatic rings. The van der Waals surface area contributed by atoms with Crippen molar-refractivity contribution in [3.05, 3.63) is 12.7 Å². The van der Waals surface area contributed by atoms with Gasteiger partial charge in [0.15, 0.2) is 0 Å². The van der Waals surface area contributed by atoms with Gasteiger partial charge in [-0.15, -0.1) is 6.58 Å². The second kappa shape index (κ2) is 6.63. The lowest BCUT2D eigenvalue weighted by atomic mass is 9.81. The Morgan fingerprint density at radius 1 is 1.43 bits per heavy atom. The van der Waals surface area contributed by atoms with Crippen LogP contribution in [0.4, 0.5) is 0 Å². The Balaban J connectivity index is 3.96. The van der Waals surface area contributed by atoms with Crippen molar-refractivity contribution in [3.8, 4) is 0 Å². The Morgan fingerprint density at radius 3 is 2.50 bits per heavy atom. The molecule has 1 N–H and O–H groups in total. The Kier molecular flexibility index (Phi) is 6.26. The molecule has 1 atom stereocenters. The molecule has 0 amide bonds. The van der Waals surface area contributed by atoms with Gasteiger partial charge in [-0.2, -0.15) is 0 Å². The first kappa shape index (κ1) is 13.2. The largest absolute Gasteiger partial charge is 0.481 e. The van der Waals surface area contributed by atoms with Gasteiger partial charge < -0.3 is 5.11 Å². The highest BCUT2D eigenvalue weighted by Gasteiger charge is 2.30. The highest BCUT2D eigenvalue weighted by molar-refractivity contribution is 5.74. The van der Waals surface area contributed by atoms with Crippen LogP contribution in [0.1, 0.15) is 52.4 Å². The van der Waals surface area contributed by atoms with E-state index in [0.29, 0.717) is 6.42 Å². The molecule has 0 aliphatic heterocycles. The van der Waals surface area contributed by atoms with Crippen molar-refractivity contribution in [2.75, 3.05) is 0 Å². The summed E-state index contributed by atoms with van der Waals surface area (Å²) in [7, 11) is 0. The third-order valence-corrected chi connectivity index (χ3v) is 2.69. The third kappa shape index (κ3) is 4.45. The molecule has 2 heteroatoms. The SMILES string of the molecule is C=CCC(C)(CCCCCC)C(=O)O. The normalized spacial score (nSPS) is 14.7. The number of hydrogen-bond acceptors (Lipinski definition) is 1. The molecule has 1 unspecified atom stereocenters. The average molecular weight is 198 g/mol. The van der Waals surface area contributed by atoms with Gasteiger partial charge >= 0.3 is 5.97 Å². The molecule has 0 aliphatic rings. The monoisotopic (exact) mass is 198 g/mol. The summed E-state index contributed by atoms with van der Waals surface area (Å²) < 4.78 is 0. The van der Waals surface area contributed by atoms with E-state index >= 15 is 0 Å². The molecular weight excluding hydrogens is 176 g/mol. The fourth-order valence-electron chi connectivity index (χ4n) is 1.56. The van der Waals surface area contributed by atoms with Crippen molar-refractivity contribution in [1.82, 2.24) is 0 Å². The highest BCUT2D eigenvalue weighted by Crippen LogP contribution is 2.29. The van der Waals surface area contributed by atoms with Gasteiger partial charge in [0.2, 0.25) is 0 Å². The van der Waals surface area contributed by atoms with Gasteiger partial charge in [-0.25, -0.2) is 0 Å². The van der Waals surface area contributed by atoms with Gasteiger partial charge in [-0.3, -0.25) is 4.79 Å². The Morgan fingerprint density at radius 2 is 2.07 bits per heavy atom. The number of rotatable bonds is 8. The van der Waals surface area contributed by atoms with Crippen LogP contribution in [0.2, 0.25) is 0 Å². The van der Waals surface area contributed by atoms with Gasteiger partial charge in [-0.05, 0) is 19.8 Å². The Labute approximate surface area is 87.0 Å². The van der Waals surface area contributed by atoms with E-state index in [4.69, 9.17) is 5.11 Å². The summed E-state index contributed by atoms with van der Waals surface area (Å²) in [4.78, 5) is 11.0. The van der Waals surface area contributed by atoms with E-state index in [1.165, 1.54) is 12.8 Å². The van der Waals surface area contributed by atoms with Crippen molar-refractivity contribution < 1.29 is 9.90 Å². The second-order valence-corrected chi connectivity index (χ2v) is 4.17. The van der Waals surface area contributed by atoms with E-state index in [-0.39, 0.29) is 0 Å². The van der Waals surface area contributed by atoms with Crippen molar-refractivity contribution in [2.24, 2.45) is 5.41 Å². The van der Waals surface area contributed by atoms with Crippen molar-refractivity contribution in [2.45, 2.75) is 52.4 Å². The molecule has 0 aromatic heterocycles. The zero-order valence-electron chi connectivity index (χ0n) is 9.38. The standard InChI is InChI=1S/C12H22O2/c1-4-6-7-8-10-12(3,9-5-2)11(13)14/h5H,2,4,6-10H2,1,3H3,(H,13,14). The maximum atomic E-state index is 11.0. The maximum absolute atomic E-state index is 11.0. The fraction of sp³-hybridized carbons (Fsp3) is 0.750. The minimum Gasteiger partial charge on any atom is -0.481 e. The molecule has 0 saturated carbocycles. The summed E-state index contributed by atoms with van der Waals surface area (Å²) in [5, 5.41) is 9.07. The predicted molar refractivity (Wildman–Crippen MR) is 59.3 cm³/mol. The number of carboxylic acid groups (broad SMARTS) is 1. The summed E-state index contributed by atoms with van der Waals surface area (Å²) in [6.07, 6.45) is 7.55. The number of carbonyl (C=O) groups is 1. The lowest BCUT2D eigenvalue weighted by Crippen LogP contribution is -2.26. The summed E-state index contributed by atoms with van der Waals surface area (Å²) in [5.41, 5.74) is -0.602. The smallest absolute Gasteiger partial charge is 0.309 e. The number of unbranched alkanes of at least 4 members (excludes halogenated alkanes) is 3. The molecule has 0 bridgehead atoms. The van der Waals surface area contributed by atoms with Crippen LogP contribution >= 0.6 is 0 Å². The van der Waals surface area contributed by atoms with Crippen LogP contribution in [0.15, 0.2) is 12.7 Å². The van der Waals surface area contributed by atoms with Crippen molar-refractivity contribution in [1.29, 1.82) is 0 Å². The van der Waals surface area contributed by atoms with E-state index in [1.54, 1.807) is 6.08 Å². The number of hydrogen-bond donors (Lipinski definition) is 1. The van der Waals surface area contributed by atoms with Crippen LogP contribution in [0.5, 0.6) is 0 Å². The first-order valence-corrected chi connectivity index (χ1v) is 5.41. The molecule has 0 aliphatic carbocycles. The Bertz CT molecular complexity index is 187. The van der Waals surface area contributed by atoms with Crippen LogP contribution in [-0.2, 0) is 4.79 Å². The zero-order chi connectivity index (χ0) is 11.0.